The second-order valence-electron chi connectivity index (χ2n) is 11.3. The van der Waals surface area contributed by atoms with E-state index in [1.165, 1.54) is 70.5 Å². The predicted octanol–water partition coefficient (Wildman–Crippen LogP) is 6.73. The summed E-state index contributed by atoms with van der Waals surface area (Å²) in [5.41, 5.74) is 4.03. The van der Waals surface area contributed by atoms with Gasteiger partial charge in [-0.05, 0) is 73.3 Å². The molecule has 0 N–H and O–H groups in total. The zero-order chi connectivity index (χ0) is 21.1. The van der Waals surface area contributed by atoms with Crippen LogP contribution in [0.2, 0.25) is 0 Å². The van der Waals surface area contributed by atoms with Crippen molar-refractivity contribution in [3.05, 3.63) is 42.5 Å². The van der Waals surface area contributed by atoms with E-state index < -0.39 is 0 Å². The first-order chi connectivity index (χ1) is 13.7. The molecule has 1 aromatic rings. The molecule has 1 heterocycles. The third-order valence-electron chi connectivity index (χ3n) is 6.86. The van der Waals surface area contributed by atoms with Gasteiger partial charge in [0.2, 0.25) is 0 Å². The van der Waals surface area contributed by atoms with Gasteiger partial charge in [-0.2, -0.15) is 0 Å². The van der Waals surface area contributed by atoms with Gasteiger partial charge < -0.3 is 4.90 Å². The number of benzene rings is 1. The topological polar surface area (TPSA) is 6.48 Å². The Bertz CT molecular complexity index is 647. The molecule has 0 amide bonds. The number of piperazine rings is 1. The molecule has 2 nitrogen and oxygen atoms in total. The lowest BCUT2D eigenvalue weighted by atomic mass is 9.60. The molecule has 3 fully saturated rings. The van der Waals surface area contributed by atoms with Crippen LogP contribution in [0.4, 0.5) is 5.69 Å². The minimum atomic E-state index is 0.447. The second-order valence-corrected chi connectivity index (χ2v) is 11.3. The summed E-state index contributed by atoms with van der Waals surface area (Å²) in [5, 5.41) is 0. The van der Waals surface area contributed by atoms with Crippen LogP contribution in [0, 0.1) is 16.7 Å². The Morgan fingerprint density at radius 3 is 2.07 bits per heavy atom. The summed E-state index contributed by atoms with van der Waals surface area (Å²) in [7, 11) is 0. The number of hydrogen-bond acceptors (Lipinski definition) is 2. The third-order valence-corrected chi connectivity index (χ3v) is 6.86. The molecule has 0 unspecified atom stereocenters. The van der Waals surface area contributed by atoms with Gasteiger partial charge in [0, 0.05) is 38.4 Å². The summed E-state index contributed by atoms with van der Waals surface area (Å²) in [6.45, 7) is 21.4. The van der Waals surface area contributed by atoms with E-state index in [4.69, 9.17) is 0 Å². The van der Waals surface area contributed by atoms with Gasteiger partial charge in [0.05, 0.1) is 0 Å². The van der Waals surface area contributed by atoms with Crippen LogP contribution in [0.25, 0.3) is 0 Å². The van der Waals surface area contributed by atoms with E-state index in [0.29, 0.717) is 16.7 Å². The molecule has 0 spiro atoms. The summed E-state index contributed by atoms with van der Waals surface area (Å²) in [4.78, 5) is 5.37. The molecular weight excluding hydrogens is 352 g/mol. The maximum atomic E-state index is 3.36. The van der Waals surface area contributed by atoms with Crippen molar-refractivity contribution in [3.63, 3.8) is 0 Å². The summed E-state index contributed by atoms with van der Waals surface area (Å²) in [6.07, 6.45) is 8.69. The smallest absolute Gasteiger partial charge is 0.0402 e. The number of rotatable bonds is 4. The monoisotopic (exact) mass is 396 g/mol. The lowest BCUT2D eigenvalue weighted by molar-refractivity contribution is 0.0970. The highest BCUT2D eigenvalue weighted by Crippen LogP contribution is 2.53. The van der Waals surface area contributed by atoms with Gasteiger partial charge in [-0.3, -0.25) is 4.90 Å². The fraction of sp³-hybridized carbons (Fsp3) is 0.704. The Kier molecular flexibility index (Phi) is 7.14. The first kappa shape index (κ1) is 22.4. The average molecular weight is 397 g/mol. The quantitative estimate of drug-likeness (QED) is 0.521. The van der Waals surface area contributed by atoms with Gasteiger partial charge in [-0.15, -0.1) is 6.58 Å². The second kappa shape index (κ2) is 9.25. The third kappa shape index (κ3) is 6.35. The fourth-order valence-corrected chi connectivity index (χ4v) is 6.02. The van der Waals surface area contributed by atoms with Crippen LogP contribution in [0.15, 0.2) is 36.9 Å². The normalized spacial score (nSPS) is 24.5. The van der Waals surface area contributed by atoms with E-state index in [2.05, 4.69) is 68.3 Å². The minimum Gasteiger partial charge on any atom is -0.369 e. The SMILES string of the molecule is C=CC.CC1(C)CC(c2ccccc2N2CCN(CC3CC3)CC2)CC(C)(C)C1. The van der Waals surface area contributed by atoms with Gasteiger partial charge in [0.1, 0.15) is 0 Å². The Morgan fingerprint density at radius 1 is 0.966 bits per heavy atom. The van der Waals surface area contributed by atoms with Crippen LogP contribution < -0.4 is 4.90 Å². The first-order valence-electron chi connectivity index (χ1n) is 11.9. The number of allylic oxidation sites excluding steroid dienone is 1. The molecule has 2 saturated carbocycles. The molecular formula is C27H44N2. The van der Waals surface area contributed by atoms with E-state index in [0.717, 1.165) is 5.92 Å². The van der Waals surface area contributed by atoms with Crippen molar-refractivity contribution in [2.45, 2.75) is 72.6 Å². The predicted molar refractivity (Wildman–Crippen MR) is 128 cm³/mol. The van der Waals surface area contributed by atoms with Gasteiger partial charge in [-0.25, -0.2) is 0 Å². The molecule has 2 aliphatic carbocycles. The Hall–Kier alpha value is -1.28. The highest BCUT2D eigenvalue weighted by atomic mass is 15.3. The molecule has 0 bridgehead atoms. The molecule has 4 rings (SSSR count). The van der Waals surface area contributed by atoms with Gasteiger partial charge >= 0.3 is 0 Å². The largest absolute Gasteiger partial charge is 0.369 e. The van der Waals surface area contributed by atoms with Gasteiger partial charge in [0.25, 0.3) is 0 Å². The van der Waals surface area contributed by atoms with Gasteiger partial charge in [0.15, 0.2) is 0 Å². The van der Waals surface area contributed by atoms with Crippen molar-refractivity contribution < 1.29 is 0 Å². The number of para-hydroxylation sites is 1. The van der Waals surface area contributed by atoms with Crippen LogP contribution >= 0.6 is 0 Å². The number of hydrogen-bond donors (Lipinski definition) is 0. The Balaban J connectivity index is 0.000000755. The van der Waals surface area contributed by atoms with Crippen molar-refractivity contribution in [2.24, 2.45) is 16.7 Å². The Labute approximate surface area is 180 Å². The molecule has 2 heteroatoms. The van der Waals surface area contributed by atoms with Crippen LogP contribution in [0.1, 0.15) is 78.2 Å². The Morgan fingerprint density at radius 2 is 1.52 bits per heavy atom. The lowest BCUT2D eigenvalue weighted by Gasteiger charge is -2.46. The van der Waals surface area contributed by atoms with Crippen LogP contribution in [0.3, 0.4) is 0 Å². The van der Waals surface area contributed by atoms with Crippen molar-refractivity contribution in [3.8, 4) is 0 Å². The highest BCUT2D eigenvalue weighted by molar-refractivity contribution is 5.56. The number of nitrogens with zero attached hydrogens (tertiary/aromatic N) is 2. The maximum absolute atomic E-state index is 3.36. The van der Waals surface area contributed by atoms with Gasteiger partial charge in [-0.1, -0.05) is 52.0 Å². The molecule has 0 aromatic heterocycles. The molecule has 0 radical (unpaired) electrons. The summed E-state index contributed by atoms with van der Waals surface area (Å²) < 4.78 is 0. The zero-order valence-electron chi connectivity index (χ0n) is 19.7. The highest BCUT2D eigenvalue weighted by Gasteiger charge is 2.40. The maximum Gasteiger partial charge on any atom is 0.0402 e. The molecule has 1 aromatic carbocycles. The summed E-state index contributed by atoms with van der Waals surface area (Å²) in [6, 6.07) is 9.32. The molecule has 1 saturated heterocycles. The first-order valence-corrected chi connectivity index (χ1v) is 11.9. The average Bonchev–Trinajstić information content (AvgIpc) is 3.45. The van der Waals surface area contributed by atoms with Crippen molar-refractivity contribution in [1.82, 2.24) is 4.90 Å². The van der Waals surface area contributed by atoms with E-state index in [9.17, 15) is 0 Å². The molecule has 3 aliphatic rings. The fourth-order valence-electron chi connectivity index (χ4n) is 6.02. The van der Waals surface area contributed by atoms with Crippen molar-refractivity contribution in [2.75, 3.05) is 37.6 Å². The lowest BCUT2D eigenvalue weighted by Crippen LogP contribution is -2.47. The van der Waals surface area contributed by atoms with Crippen LogP contribution in [-0.2, 0) is 0 Å². The zero-order valence-corrected chi connectivity index (χ0v) is 19.7. The standard InChI is InChI=1S/C24H38N2.C3H6/c1-23(2)15-20(16-24(3,4)18-23)21-7-5-6-8-22(21)26-13-11-25(12-14-26)17-19-9-10-19;1-3-2/h5-8,19-20H,9-18H2,1-4H3;3H,1H2,2H3. The minimum absolute atomic E-state index is 0.447. The summed E-state index contributed by atoms with van der Waals surface area (Å²) >= 11 is 0. The molecule has 1 aliphatic heterocycles. The van der Waals surface area contributed by atoms with Crippen LogP contribution in [0.5, 0.6) is 0 Å². The van der Waals surface area contributed by atoms with Crippen LogP contribution in [-0.4, -0.2) is 37.6 Å². The number of anilines is 1. The van der Waals surface area contributed by atoms with E-state index in [1.807, 2.05) is 6.92 Å². The summed E-state index contributed by atoms with van der Waals surface area (Å²) in [5.74, 6) is 1.72. The van der Waals surface area contributed by atoms with E-state index in [-0.39, 0.29) is 0 Å². The molecule has 29 heavy (non-hydrogen) atoms. The molecule has 162 valence electrons. The van der Waals surface area contributed by atoms with E-state index >= 15 is 0 Å². The van der Waals surface area contributed by atoms with Crippen molar-refractivity contribution >= 4 is 5.69 Å². The van der Waals surface area contributed by atoms with E-state index in [1.54, 1.807) is 11.6 Å². The molecule has 0 atom stereocenters. The van der Waals surface area contributed by atoms with Crippen molar-refractivity contribution in [1.29, 1.82) is 0 Å².